The largest absolute Gasteiger partial charge is 0.493 e. The van der Waals surface area contributed by atoms with Crippen LogP contribution >= 0.6 is 27.5 Å². The fourth-order valence-corrected chi connectivity index (χ4v) is 3.85. The Balaban J connectivity index is 1.59. The van der Waals surface area contributed by atoms with E-state index in [1.54, 1.807) is 18.2 Å². The van der Waals surface area contributed by atoms with E-state index in [9.17, 15) is 4.79 Å². The Morgan fingerprint density at radius 3 is 2.59 bits per heavy atom. The normalized spacial score (nSPS) is 14.3. The molecule has 0 amide bonds. The van der Waals surface area contributed by atoms with E-state index in [2.05, 4.69) is 20.9 Å². The first-order valence-electron chi connectivity index (χ1n) is 9.78. The first-order chi connectivity index (χ1) is 15.4. The van der Waals surface area contributed by atoms with Gasteiger partial charge in [-0.2, -0.15) is 0 Å². The third-order valence-corrected chi connectivity index (χ3v) is 5.76. The third kappa shape index (κ3) is 4.87. The monoisotopic (exact) mass is 511 g/mol. The third-order valence-electron chi connectivity index (χ3n) is 4.78. The minimum atomic E-state index is -0.537. The molecule has 3 aromatic carbocycles. The van der Waals surface area contributed by atoms with Gasteiger partial charge in [0.05, 0.1) is 17.7 Å². The topological polar surface area (TPSA) is 57.1 Å². The molecule has 1 heterocycles. The van der Waals surface area contributed by atoms with Gasteiger partial charge in [0, 0.05) is 4.47 Å². The Bertz CT molecular complexity index is 1240. The quantitative estimate of drug-likeness (QED) is 0.285. The molecule has 1 aliphatic rings. The van der Waals surface area contributed by atoms with Crippen LogP contribution in [-0.4, -0.2) is 19.0 Å². The molecule has 0 saturated carbocycles. The van der Waals surface area contributed by atoms with Crippen LogP contribution in [0, 0.1) is 6.92 Å². The van der Waals surface area contributed by atoms with Crippen molar-refractivity contribution in [3.63, 3.8) is 0 Å². The van der Waals surface area contributed by atoms with E-state index in [4.69, 9.17) is 25.8 Å². The standard InChI is InChI=1S/C25H19BrClNO4/c1-15-7-9-16(10-8-15)14-31-23-20(27)11-17(13-22(23)30-2)12-21-25(29)32-24(28-21)18-5-3-4-6-19(18)26/h3-13H,14H2,1-2H3/b21-12+. The molecule has 0 radical (unpaired) electrons. The van der Waals surface area contributed by atoms with Gasteiger partial charge in [0.25, 0.3) is 0 Å². The van der Waals surface area contributed by atoms with Crippen molar-refractivity contribution >= 4 is 45.5 Å². The van der Waals surface area contributed by atoms with Crippen LogP contribution in [0.15, 0.2) is 75.8 Å². The van der Waals surface area contributed by atoms with Crippen molar-refractivity contribution in [1.29, 1.82) is 0 Å². The zero-order valence-electron chi connectivity index (χ0n) is 17.4. The maximum Gasteiger partial charge on any atom is 0.363 e. The Morgan fingerprint density at radius 2 is 1.88 bits per heavy atom. The molecule has 0 unspecified atom stereocenters. The van der Waals surface area contributed by atoms with Gasteiger partial charge >= 0.3 is 5.97 Å². The van der Waals surface area contributed by atoms with Gasteiger partial charge in [0.2, 0.25) is 5.90 Å². The summed E-state index contributed by atoms with van der Waals surface area (Å²) in [6, 6.07) is 18.9. The maximum absolute atomic E-state index is 12.4. The lowest BCUT2D eigenvalue weighted by molar-refractivity contribution is -0.129. The van der Waals surface area contributed by atoms with E-state index in [-0.39, 0.29) is 11.6 Å². The molecule has 0 aromatic heterocycles. The second kappa shape index (κ2) is 9.59. The number of esters is 1. The first-order valence-corrected chi connectivity index (χ1v) is 10.9. The molecule has 4 rings (SSSR count). The number of ether oxygens (including phenoxy) is 3. The van der Waals surface area contributed by atoms with Gasteiger partial charge < -0.3 is 14.2 Å². The molecule has 3 aromatic rings. The summed E-state index contributed by atoms with van der Waals surface area (Å²) in [5.74, 6) is 0.594. The highest BCUT2D eigenvalue weighted by molar-refractivity contribution is 9.10. The maximum atomic E-state index is 12.4. The molecule has 0 N–H and O–H groups in total. The van der Waals surface area contributed by atoms with Crippen LogP contribution in [0.1, 0.15) is 22.3 Å². The van der Waals surface area contributed by atoms with Crippen molar-refractivity contribution in [2.24, 2.45) is 4.99 Å². The van der Waals surface area contributed by atoms with Crippen molar-refractivity contribution in [3.8, 4) is 11.5 Å². The zero-order chi connectivity index (χ0) is 22.7. The summed E-state index contributed by atoms with van der Waals surface area (Å²) in [7, 11) is 1.54. The van der Waals surface area contributed by atoms with Gasteiger partial charge in [-0.3, -0.25) is 0 Å². The van der Waals surface area contributed by atoms with Crippen molar-refractivity contribution in [2.45, 2.75) is 13.5 Å². The van der Waals surface area contributed by atoms with Crippen molar-refractivity contribution in [2.75, 3.05) is 7.11 Å². The number of hydrogen-bond acceptors (Lipinski definition) is 5. The van der Waals surface area contributed by atoms with E-state index < -0.39 is 5.97 Å². The first kappa shape index (κ1) is 22.1. The smallest absolute Gasteiger partial charge is 0.363 e. The number of halogens is 2. The Labute approximate surface area is 199 Å². The SMILES string of the molecule is COc1cc(/C=C2/N=C(c3ccccc3Br)OC2=O)cc(Cl)c1OCc1ccc(C)cc1. The number of nitrogens with zero attached hydrogens (tertiary/aromatic N) is 1. The summed E-state index contributed by atoms with van der Waals surface area (Å²) < 4.78 is 17.5. The molecule has 1 aliphatic heterocycles. The lowest BCUT2D eigenvalue weighted by atomic mass is 10.1. The van der Waals surface area contributed by atoms with Crippen molar-refractivity contribution in [3.05, 3.63) is 98.1 Å². The highest BCUT2D eigenvalue weighted by atomic mass is 79.9. The van der Waals surface area contributed by atoms with Gasteiger partial charge in [-0.05, 0) is 64.3 Å². The van der Waals surface area contributed by atoms with Crippen LogP contribution in [0.25, 0.3) is 6.08 Å². The molecule has 7 heteroatoms. The molecule has 0 spiro atoms. The number of cyclic esters (lactones) is 1. The fourth-order valence-electron chi connectivity index (χ4n) is 3.12. The molecule has 0 aliphatic carbocycles. The average Bonchev–Trinajstić information content (AvgIpc) is 3.14. The number of hydrogen-bond donors (Lipinski definition) is 0. The van der Waals surface area contributed by atoms with E-state index in [1.165, 1.54) is 12.7 Å². The second-order valence-electron chi connectivity index (χ2n) is 7.12. The Morgan fingerprint density at radius 1 is 1.12 bits per heavy atom. The molecule has 0 saturated heterocycles. The van der Waals surface area contributed by atoms with Gasteiger partial charge in [0.1, 0.15) is 6.61 Å². The van der Waals surface area contributed by atoms with Crippen molar-refractivity contribution in [1.82, 2.24) is 0 Å². The number of aliphatic imine (C=N–C) groups is 1. The highest BCUT2D eigenvalue weighted by Crippen LogP contribution is 2.38. The number of benzene rings is 3. The number of methoxy groups -OCH3 is 1. The molecule has 0 bridgehead atoms. The molecular formula is C25H19BrClNO4. The number of rotatable bonds is 6. The minimum absolute atomic E-state index is 0.169. The number of carbonyl (C=O) groups is 1. The summed E-state index contributed by atoms with van der Waals surface area (Å²) in [6.07, 6.45) is 1.60. The molecule has 0 fully saturated rings. The highest BCUT2D eigenvalue weighted by Gasteiger charge is 2.25. The van der Waals surface area contributed by atoms with E-state index in [0.717, 1.165) is 10.0 Å². The molecule has 32 heavy (non-hydrogen) atoms. The summed E-state index contributed by atoms with van der Waals surface area (Å²) >= 11 is 9.92. The summed E-state index contributed by atoms with van der Waals surface area (Å²) in [5, 5.41) is 0.365. The fraction of sp³-hybridized carbons (Fsp3) is 0.120. The van der Waals surface area contributed by atoms with Gasteiger partial charge in [-0.25, -0.2) is 9.79 Å². The second-order valence-corrected chi connectivity index (χ2v) is 8.39. The van der Waals surface area contributed by atoms with Crippen LogP contribution in [0.3, 0.4) is 0 Å². The molecule has 5 nitrogen and oxygen atoms in total. The number of carbonyl (C=O) groups excluding carboxylic acids is 1. The van der Waals surface area contributed by atoms with Crippen LogP contribution in [0.4, 0.5) is 0 Å². The minimum Gasteiger partial charge on any atom is -0.493 e. The van der Waals surface area contributed by atoms with Crippen LogP contribution < -0.4 is 9.47 Å². The predicted molar refractivity (Wildman–Crippen MR) is 128 cm³/mol. The summed E-state index contributed by atoms with van der Waals surface area (Å²) in [5.41, 5.74) is 3.70. The predicted octanol–water partition coefficient (Wildman–Crippen LogP) is 6.34. The zero-order valence-corrected chi connectivity index (χ0v) is 19.7. The lowest BCUT2D eigenvalue weighted by Crippen LogP contribution is -2.05. The van der Waals surface area contributed by atoms with Crippen LogP contribution in [-0.2, 0) is 16.1 Å². The van der Waals surface area contributed by atoms with Crippen LogP contribution in [0.2, 0.25) is 5.02 Å². The van der Waals surface area contributed by atoms with E-state index in [1.807, 2.05) is 55.5 Å². The van der Waals surface area contributed by atoms with E-state index in [0.29, 0.717) is 34.3 Å². The number of aryl methyl sites for hydroxylation is 1. The summed E-state index contributed by atoms with van der Waals surface area (Å²) in [6.45, 7) is 2.38. The van der Waals surface area contributed by atoms with Gasteiger partial charge in [-0.15, -0.1) is 0 Å². The lowest BCUT2D eigenvalue weighted by Gasteiger charge is -2.13. The van der Waals surface area contributed by atoms with Crippen molar-refractivity contribution < 1.29 is 19.0 Å². The summed E-state index contributed by atoms with van der Waals surface area (Å²) in [4.78, 5) is 16.7. The average molecular weight is 513 g/mol. The molecule has 0 atom stereocenters. The molecular weight excluding hydrogens is 494 g/mol. The Kier molecular flexibility index (Phi) is 6.63. The van der Waals surface area contributed by atoms with Gasteiger partial charge in [-0.1, -0.05) is 53.6 Å². The molecule has 162 valence electrons. The van der Waals surface area contributed by atoms with E-state index >= 15 is 0 Å². The Hall–Kier alpha value is -3.09. The van der Waals surface area contributed by atoms with Gasteiger partial charge in [0.15, 0.2) is 17.2 Å². The van der Waals surface area contributed by atoms with Crippen LogP contribution in [0.5, 0.6) is 11.5 Å².